The summed E-state index contributed by atoms with van der Waals surface area (Å²) in [6.07, 6.45) is 0. The fourth-order valence-corrected chi connectivity index (χ4v) is 1.84. The number of hydrogen-bond acceptors (Lipinski definition) is 3. The lowest BCUT2D eigenvalue weighted by molar-refractivity contribution is -0.124. The van der Waals surface area contributed by atoms with Crippen LogP contribution in [0.2, 0.25) is 0 Å². The van der Waals surface area contributed by atoms with Gasteiger partial charge in [-0.1, -0.05) is 12.1 Å². The standard InChI is InChI=1S/C17H14F3NO3/c1-10-2-3-11(6-14(10)19)17(23)24-9-16(22)21-8-12-4-5-13(18)7-15(12)20/h2-7H,8-9H2,1H3,(H,21,22). The van der Waals surface area contributed by atoms with Crippen molar-refractivity contribution in [2.45, 2.75) is 13.5 Å². The lowest BCUT2D eigenvalue weighted by atomic mass is 10.1. The van der Waals surface area contributed by atoms with Crippen molar-refractivity contribution in [1.29, 1.82) is 0 Å². The summed E-state index contributed by atoms with van der Waals surface area (Å²) in [5.41, 5.74) is 0.456. The minimum atomic E-state index is -0.850. The van der Waals surface area contributed by atoms with Crippen molar-refractivity contribution in [3.05, 3.63) is 70.5 Å². The summed E-state index contributed by atoms with van der Waals surface area (Å²) in [5, 5.41) is 2.33. The molecule has 0 fully saturated rings. The monoisotopic (exact) mass is 337 g/mol. The third-order valence-electron chi connectivity index (χ3n) is 3.23. The first-order valence-electron chi connectivity index (χ1n) is 7.00. The molecule has 2 aromatic rings. The molecule has 0 aromatic heterocycles. The Morgan fingerprint density at radius 1 is 1.04 bits per heavy atom. The first-order chi connectivity index (χ1) is 11.4. The van der Waals surface area contributed by atoms with Crippen LogP contribution in [0.25, 0.3) is 0 Å². The first kappa shape index (κ1) is 17.5. The minimum Gasteiger partial charge on any atom is -0.452 e. The maximum absolute atomic E-state index is 13.4. The van der Waals surface area contributed by atoms with E-state index in [-0.39, 0.29) is 17.7 Å². The Morgan fingerprint density at radius 2 is 1.79 bits per heavy atom. The third-order valence-corrected chi connectivity index (χ3v) is 3.23. The van der Waals surface area contributed by atoms with Crippen LogP contribution in [0, 0.1) is 24.4 Å². The van der Waals surface area contributed by atoms with E-state index in [0.29, 0.717) is 11.6 Å². The summed E-state index contributed by atoms with van der Waals surface area (Å²) >= 11 is 0. The Hall–Kier alpha value is -2.83. The van der Waals surface area contributed by atoms with E-state index in [9.17, 15) is 22.8 Å². The molecule has 2 rings (SSSR count). The maximum Gasteiger partial charge on any atom is 0.338 e. The summed E-state index contributed by atoms with van der Waals surface area (Å²) in [7, 11) is 0. The van der Waals surface area contributed by atoms with Crippen LogP contribution in [-0.2, 0) is 16.1 Å². The van der Waals surface area contributed by atoms with Crippen molar-refractivity contribution in [3.63, 3.8) is 0 Å². The average Bonchev–Trinajstić information content (AvgIpc) is 2.54. The summed E-state index contributed by atoms with van der Waals surface area (Å²) in [6, 6.07) is 6.79. The summed E-state index contributed by atoms with van der Waals surface area (Å²) < 4.78 is 44.3. The minimum absolute atomic E-state index is 0.0181. The Kier molecular flexibility index (Phi) is 5.57. The highest BCUT2D eigenvalue weighted by atomic mass is 19.1. The van der Waals surface area contributed by atoms with E-state index < -0.39 is 35.9 Å². The molecule has 2 aromatic carbocycles. The molecule has 0 saturated heterocycles. The highest BCUT2D eigenvalue weighted by Crippen LogP contribution is 2.11. The Bertz CT molecular complexity index is 778. The zero-order chi connectivity index (χ0) is 17.7. The molecule has 0 radical (unpaired) electrons. The molecule has 7 heteroatoms. The van der Waals surface area contributed by atoms with Gasteiger partial charge in [0, 0.05) is 18.2 Å². The van der Waals surface area contributed by atoms with Gasteiger partial charge in [-0.15, -0.1) is 0 Å². The molecule has 0 unspecified atom stereocenters. The smallest absolute Gasteiger partial charge is 0.338 e. The maximum atomic E-state index is 13.4. The molecule has 0 heterocycles. The van der Waals surface area contributed by atoms with E-state index in [4.69, 9.17) is 4.74 Å². The van der Waals surface area contributed by atoms with Crippen molar-refractivity contribution in [2.75, 3.05) is 6.61 Å². The predicted octanol–water partition coefficient (Wildman–Crippen LogP) is 2.89. The Balaban J connectivity index is 1.84. The number of hydrogen-bond donors (Lipinski definition) is 1. The number of carbonyl (C=O) groups is 2. The molecular formula is C17H14F3NO3. The van der Waals surface area contributed by atoms with Crippen LogP contribution in [-0.4, -0.2) is 18.5 Å². The number of esters is 1. The number of nitrogens with one attached hydrogen (secondary N) is 1. The van der Waals surface area contributed by atoms with E-state index in [2.05, 4.69) is 5.32 Å². The highest BCUT2D eigenvalue weighted by molar-refractivity contribution is 5.91. The second-order valence-electron chi connectivity index (χ2n) is 5.05. The Labute approximate surface area is 136 Å². The van der Waals surface area contributed by atoms with E-state index in [0.717, 1.165) is 12.1 Å². The quantitative estimate of drug-likeness (QED) is 0.854. The number of ether oxygens (including phenoxy) is 1. The van der Waals surface area contributed by atoms with Gasteiger partial charge in [-0.05, 0) is 30.7 Å². The second-order valence-corrected chi connectivity index (χ2v) is 5.05. The van der Waals surface area contributed by atoms with Gasteiger partial charge < -0.3 is 10.1 Å². The topological polar surface area (TPSA) is 55.4 Å². The van der Waals surface area contributed by atoms with Crippen molar-refractivity contribution in [2.24, 2.45) is 0 Å². The van der Waals surface area contributed by atoms with E-state index in [1.807, 2.05) is 0 Å². The number of benzene rings is 2. The molecule has 0 aliphatic rings. The van der Waals surface area contributed by atoms with Crippen LogP contribution < -0.4 is 5.32 Å². The molecule has 24 heavy (non-hydrogen) atoms. The van der Waals surface area contributed by atoms with Crippen LogP contribution in [0.5, 0.6) is 0 Å². The largest absolute Gasteiger partial charge is 0.452 e. The van der Waals surface area contributed by atoms with Gasteiger partial charge in [0.2, 0.25) is 0 Å². The van der Waals surface area contributed by atoms with E-state index in [1.165, 1.54) is 18.2 Å². The summed E-state index contributed by atoms with van der Waals surface area (Å²) in [4.78, 5) is 23.3. The van der Waals surface area contributed by atoms with Gasteiger partial charge in [-0.2, -0.15) is 0 Å². The molecule has 0 bridgehead atoms. The zero-order valence-corrected chi connectivity index (χ0v) is 12.7. The van der Waals surface area contributed by atoms with Crippen molar-refractivity contribution >= 4 is 11.9 Å². The normalized spacial score (nSPS) is 10.3. The molecular weight excluding hydrogens is 323 g/mol. The van der Waals surface area contributed by atoms with Crippen LogP contribution in [0.3, 0.4) is 0 Å². The van der Waals surface area contributed by atoms with Crippen LogP contribution in [0.1, 0.15) is 21.5 Å². The van der Waals surface area contributed by atoms with Gasteiger partial charge in [0.25, 0.3) is 5.91 Å². The predicted molar refractivity (Wildman–Crippen MR) is 79.6 cm³/mol. The fraction of sp³-hybridized carbons (Fsp3) is 0.176. The van der Waals surface area contributed by atoms with Gasteiger partial charge in [0.05, 0.1) is 5.56 Å². The molecule has 126 valence electrons. The molecule has 0 saturated carbocycles. The lowest BCUT2D eigenvalue weighted by Crippen LogP contribution is -2.28. The molecule has 1 amide bonds. The van der Waals surface area contributed by atoms with Crippen molar-refractivity contribution < 1.29 is 27.5 Å². The van der Waals surface area contributed by atoms with Crippen LogP contribution in [0.15, 0.2) is 36.4 Å². The molecule has 0 aliphatic heterocycles. The number of rotatable bonds is 5. The number of amides is 1. The van der Waals surface area contributed by atoms with Crippen LogP contribution in [0.4, 0.5) is 13.2 Å². The van der Waals surface area contributed by atoms with Gasteiger partial charge in [0.1, 0.15) is 17.5 Å². The van der Waals surface area contributed by atoms with Crippen molar-refractivity contribution in [1.82, 2.24) is 5.32 Å². The van der Waals surface area contributed by atoms with E-state index >= 15 is 0 Å². The summed E-state index contributed by atoms with van der Waals surface area (Å²) in [5.74, 6) is -3.58. The fourth-order valence-electron chi connectivity index (χ4n) is 1.84. The van der Waals surface area contributed by atoms with Gasteiger partial charge in [0.15, 0.2) is 6.61 Å². The average molecular weight is 337 g/mol. The van der Waals surface area contributed by atoms with E-state index in [1.54, 1.807) is 6.92 Å². The zero-order valence-electron chi connectivity index (χ0n) is 12.7. The second kappa shape index (κ2) is 7.63. The molecule has 1 N–H and O–H groups in total. The number of carbonyl (C=O) groups excluding carboxylic acids is 2. The lowest BCUT2D eigenvalue weighted by Gasteiger charge is -2.08. The molecule has 0 aliphatic carbocycles. The number of halogens is 3. The molecule has 0 spiro atoms. The van der Waals surface area contributed by atoms with Gasteiger partial charge in [-0.25, -0.2) is 18.0 Å². The molecule has 4 nitrogen and oxygen atoms in total. The van der Waals surface area contributed by atoms with Crippen LogP contribution >= 0.6 is 0 Å². The SMILES string of the molecule is Cc1ccc(C(=O)OCC(=O)NCc2ccc(F)cc2F)cc1F. The number of aryl methyl sites for hydroxylation is 1. The first-order valence-corrected chi connectivity index (χ1v) is 7.00. The van der Waals surface area contributed by atoms with Gasteiger partial charge in [-0.3, -0.25) is 4.79 Å². The molecule has 0 atom stereocenters. The van der Waals surface area contributed by atoms with Gasteiger partial charge >= 0.3 is 5.97 Å². The highest BCUT2D eigenvalue weighted by Gasteiger charge is 2.12. The third kappa shape index (κ3) is 4.58. The van der Waals surface area contributed by atoms with Crippen molar-refractivity contribution in [3.8, 4) is 0 Å². The summed E-state index contributed by atoms with van der Waals surface area (Å²) in [6.45, 7) is 0.769. The Morgan fingerprint density at radius 3 is 2.46 bits per heavy atom.